The second kappa shape index (κ2) is 6.71. The van der Waals surface area contributed by atoms with Gasteiger partial charge in [0.25, 0.3) is 0 Å². The van der Waals surface area contributed by atoms with Crippen molar-refractivity contribution in [2.45, 2.75) is 12.3 Å². The summed E-state index contributed by atoms with van der Waals surface area (Å²) in [6.07, 6.45) is -0.129. The first-order valence-corrected chi connectivity index (χ1v) is 8.20. The lowest BCUT2D eigenvalue weighted by molar-refractivity contribution is -0.145. The lowest BCUT2D eigenvalue weighted by Gasteiger charge is -2.24. The predicted molar refractivity (Wildman–Crippen MR) is 90.2 cm³/mol. The van der Waals surface area contributed by atoms with Crippen LogP contribution in [0.15, 0.2) is 36.4 Å². The van der Waals surface area contributed by atoms with E-state index in [1.807, 2.05) is 0 Å². The van der Waals surface area contributed by atoms with Gasteiger partial charge in [-0.25, -0.2) is 4.39 Å². The summed E-state index contributed by atoms with van der Waals surface area (Å²) in [5, 5.41) is 2.52. The first-order chi connectivity index (χ1) is 13.0. The van der Waals surface area contributed by atoms with Gasteiger partial charge in [-0.1, -0.05) is 6.07 Å². The summed E-state index contributed by atoms with van der Waals surface area (Å²) in [5.41, 5.74) is 1.00. The van der Waals surface area contributed by atoms with Crippen LogP contribution in [0.25, 0.3) is 0 Å². The maximum absolute atomic E-state index is 13.4. The van der Waals surface area contributed by atoms with Crippen LogP contribution in [0.5, 0.6) is 11.5 Å². The Hall–Kier alpha value is -3.42. The molecule has 0 spiro atoms. The molecule has 138 valence electrons. The zero-order valence-corrected chi connectivity index (χ0v) is 14.0. The number of carbonyl (C=O) groups is 3. The van der Waals surface area contributed by atoms with E-state index in [1.54, 1.807) is 12.1 Å². The normalized spacial score (nSPS) is 17.1. The lowest BCUT2D eigenvalue weighted by atomic mass is 9.90. The highest BCUT2D eigenvalue weighted by Crippen LogP contribution is 2.34. The zero-order chi connectivity index (χ0) is 19.0. The van der Waals surface area contributed by atoms with E-state index in [0.29, 0.717) is 22.6 Å². The summed E-state index contributed by atoms with van der Waals surface area (Å²) in [5.74, 6) is -1.97. The average molecular weight is 371 g/mol. The largest absolute Gasteiger partial charge is 0.457 e. The van der Waals surface area contributed by atoms with Crippen molar-refractivity contribution in [1.82, 2.24) is 0 Å². The molecule has 0 fully saturated rings. The van der Waals surface area contributed by atoms with Crippen LogP contribution in [0.3, 0.4) is 0 Å². The Morgan fingerprint density at radius 3 is 2.81 bits per heavy atom. The fourth-order valence-electron chi connectivity index (χ4n) is 3.04. The molecule has 2 aromatic rings. The van der Waals surface area contributed by atoms with Crippen molar-refractivity contribution in [2.24, 2.45) is 0 Å². The van der Waals surface area contributed by atoms with Gasteiger partial charge >= 0.3 is 5.97 Å². The fraction of sp³-hybridized carbons (Fsp3) is 0.211. The van der Waals surface area contributed by atoms with E-state index >= 15 is 0 Å². The molecule has 0 radical (unpaired) electrons. The van der Waals surface area contributed by atoms with E-state index in [1.165, 1.54) is 18.2 Å². The number of hydrogen-bond acceptors (Lipinski definition) is 6. The number of rotatable bonds is 4. The quantitative estimate of drug-likeness (QED) is 0.656. The topological polar surface area (TPSA) is 90.9 Å². The van der Waals surface area contributed by atoms with E-state index in [-0.39, 0.29) is 18.9 Å². The Kier molecular flexibility index (Phi) is 4.23. The molecule has 2 heterocycles. The third-order valence-corrected chi connectivity index (χ3v) is 4.38. The van der Waals surface area contributed by atoms with Crippen molar-refractivity contribution < 1.29 is 33.0 Å². The van der Waals surface area contributed by atoms with Crippen molar-refractivity contribution in [2.75, 3.05) is 18.7 Å². The van der Waals surface area contributed by atoms with Crippen molar-refractivity contribution in [3.8, 4) is 11.5 Å². The van der Waals surface area contributed by atoms with Gasteiger partial charge in [0.2, 0.25) is 12.7 Å². The molecule has 27 heavy (non-hydrogen) atoms. The Balaban J connectivity index is 1.45. The molecule has 2 aromatic carbocycles. The number of ether oxygens (including phenoxy) is 3. The number of amides is 1. The van der Waals surface area contributed by atoms with Crippen molar-refractivity contribution in [3.05, 3.63) is 53.3 Å². The van der Waals surface area contributed by atoms with Crippen molar-refractivity contribution in [3.63, 3.8) is 0 Å². The molecule has 2 aliphatic rings. The van der Waals surface area contributed by atoms with Gasteiger partial charge in [-0.15, -0.1) is 0 Å². The number of ketones is 1. The number of nitrogens with one attached hydrogen (secondary N) is 1. The number of Topliss-reactive ketones (excluding diaryl/α,β-unsaturated/α-hetero) is 1. The minimum Gasteiger partial charge on any atom is -0.457 e. The highest BCUT2D eigenvalue weighted by atomic mass is 19.1. The molecule has 7 nitrogen and oxygen atoms in total. The summed E-state index contributed by atoms with van der Waals surface area (Å²) < 4.78 is 28.9. The molecule has 1 amide bonds. The third kappa shape index (κ3) is 3.33. The molecule has 1 unspecified atom stereocenters. The lowest BCUT2D eigenvalue weighted by Crippen LogP contribution is -2.29. The Morgan fingerprint density at radius 1 is 1.15 bits per heavy atom. The van der Waals surface area contributed by atoms with Crippen molar-refractivity contribution in [1.29, 1.82) is 0 Å². The number of fused-ring (bicyclic) bond motifs is 2. The van der Waals surface area contributed by atoms with Crippen LogP contribution >= 0.6 is 0 Å². The Morgan fingerprint density at radius 2 is 1.96 bits per heavy atom. The van der Waals surface area contributed by atoms with Crippen LogP contribution in [0.1, 0.15) is 28.3 Å². The molecule has 1 N–H and O–H groups in total. The molecule has 0 aromatic heterocycles. The number of hydrogen-bond donors (Lipinski definition) is 1. The maximum Gasteiger partial charge on any atom is 0.314 e. The van der Waals surface area contributed by atoms with Gasteiger partial charge < -0.3 is 19.5 Å². The first-order valence-electron chi connectivity index (χ1n) is 8.20. The van der Waals surface area contributed by atoms with E-state index in [0.717, 1.165) is 6.07 Å². The van der Waals surface area contributed by atoms with E-state index in [9.17, 15) is 18.8 Å². The fourth-order valence-corrected chi connectivity index (χ4v) is 3.04. The molecule has 0 aliphatic carbocycles. The summed E-state index contributed by atoms with van der Waals surface area (Å²) in [6, 6.07) is 8.45. The van der Waals surface area contributed by atoms with Gasteiger partial charge in [0.15, 0.2) is 23.9 Å². The number of benzene rings is 2. The standard InChI is InChI=1S/C19H14FNO6/c20-11-2-3-12-13(7-18(23)21-14(12)6-11)19(24)25-8-15(22)10-1-4-16-17(5-10)27-9-26-16/h1-6,13H,7-9H2,(H,21,23). The van der Waals surface area contributed by atoms with Crippen LogP contribution < -0.4 is 14.8 Å². The molecule has 2 aliphatic heterocycles. The third-order valence-electron chi connectivity index (χ3n) is 4.38. The number of anilines is 1. The van der Waals surface area contributed by atoms with E-state index in [2.05, 4.69) is 5.32 Å². The summed E-state index contributed by atoms with van der Waals surface area (Å²) in [4.78, 5) is 36.5. The second-order valence-corrected chi connectivity index (χ2v) is 6.14. The average Bonchev–Trinajstić information content (AvgIpc) is 3.12. The van der Waals surface area contributed by atoms with Gasteiger partial charge in [0.1, 0.15) is 5.82 Å². The predicted octanol–water partition coefficient (Wildman–Crippen LogP) is 2.41. The SMILES string of the molecule is O=C1CC(C(=O)OCC(=O)c2ccc3c(c2)OCO3)c2ccc(F)cc2N1. The minimum absolute atomic E-state index is 0.0890. The molecule has 1 atom stereocenters. The second-order valence-electron chi connectivity index (χ2n) is 6.14. The summed E-state index contributed by atoms with van der Waals surface area (Å²) >= 11 is 0. The van der Waals surface area contributed by atoms with Crippen LogP contribution in [-0.2, 0) is 14.3 Å². The van der Waals surface area contributed by atoms with Gasteiger partial charge in [0, 0.05) is 17.7 Å². The smallest absolute Gasteiger partial charge is 0.314 e. The Labute approximate surface area is 153 Å². The number of esters is 1. The summed E-state index contributed by atoms with van der Waals surface area (Å²) in [6.45, 7) is -0.390. The minimum atomic E-state index is -0.890. The highest BCUT2D eigenvalue weighted by Gasteiger charge is 2.32. The zero-order valence-electron chi connectivity index (χ0n) is 14.0. The van der Waals surface area contributed by atoms with Crippen LogP contribution in [0.4, 0.5) is 10.1 Å². The molecular formula is C19H14FNO6. The van der Waals surface area contributed by atoms with Gasteiger partial charge in [0.05, 0.1) is 5.92 Å². The number of carbonyl (C=O) groups excluding carboxylic acids is 3. The van der Waals surface area contributed by atoms with E-state index in [4.69, 9.17) is 14.2 Å². The summed E-state index contributed by atoms with van der Waals surface area (Å²) in [7, 11) is 0. The van der Waals surface area contributed by atoms with Gasteiger partial charge in [-0.05, 0) is 35.9 Å². The van der Waals surface area contributed by atoms with Gasteiger partial charge in [-0.2, -0.15) is 0 Å². The maximum atomic E-state index is 13.4. The van der Waals surface area contributed by atoms with Crippen LogP contribution in [-0.4, -0.2) is 31.1 Å². The molecule has 0 saturated carbocycles. The monoisotopic (exact) mass is 371 g/mol. The number of halogens is 1. The Bertz CT molecular complexity index is 957. The first kappa shape index (κ1) is 17.0. The van der Waals surface area contributed by atoms with E-state index < -0.39 is 36.0 Å². The molecule has 4 rings (SSSR count). The highest BCUT2D eigenvalue weighted by molar-refractivity contribution is 6.01. The van der Waals surface area contributed by atoms with Crippen LogP contribution in [0, 0.1) is 5.82 Å². The molecule has 0 saturated heterocycles. The molecule has 8 heteroatoms. The van der Waals surface area contributed by atoms with Crippen molar-refractivity contribution >= 4 is 23.3 Å². The molecular weight excluding hydrogens is 357 g/mol. The van der Waals surface area contributed by atoms with Gasteiger partial charge in [-0.3, -0.25) is 14.4 Å². The van der Waals surface area contributed by atoms with Crippen LogP contribution in [0.2, 0.25) is 0 Å². The molecule has 0 bridgehead atoms.